The maximum atomic E-state index is 12.9. The van der Waals surface area contributed by atoms with Crippen molar-refractivity contribution in [1.29, 1.82) is 0 Å². The number of rotatable bonds is 6. The second-order valence-corrected chi connectivity index (χ2v) is 7.48. The molecule has 2 bridgehead atoms. The first-order valence-electron chi connectivity index (χ1n) is 9.73. The summed E-state index contributed by atoms with van der Waals surface area (Å²) in [4.78, 5) is 23.4. The number of non-ortho nitro benzene ring substituents is 1. The Bertz CT molecular complexity index is 1260. The molecule has 2 aliphatic carbocycles. The number of hydrazine groups is 1. The van der Waals surface area contributed by atoms with Gasteiger partial charge in [0.1, 0.15) is 5.69 Å². The Morgan fingerprint density at radius 3 is 2.72 bits per heavy atom. The van der Waals surface area contributed by atoms with Crippen LogP contribution in [0.2, 0.25) is 0 Å². The fourth-order valence-corrected chi connectivity index (χ4v) is 4.00. The third kappa shape index (κ3) is 3.34. The van der Waals surface area contributed by atoms with Gasteiger partial charge in [-0.25, -0.2) is 4.63 Å². The number of nitrogens with zero attached hydrogens (tertiary/aromatic N) is 6. The number of amides is 1. The number of nitro groups is 1. The van der Waals surface area contributed by atoms with E-state index in [2.05, 4.69) is 48.3 Å². The lowest BCUT2D eigenvalue weighted by molar-refractivity contribution is -0.384. The Labute approximate surface area is 180 Å². The van der Waals surface area contributed by atoms with Gasteiger partial charge in [0.25, 0.3) is 11.6 Å². The van der Waals surface area contributed by atoms with Crippen molar-refractivity contribution in [3.05, 3.63) is 64.0 Å². The quantitative estimate of drug-likeness (QED) is 0.292. The highest BCUT2D eigenvalue weighted by molar-refractivity contribution is 5.98. The highest BCUT2D eigenvalue weighted by Gasteiger charge is 2.31. The number of nitrogen functional groups attached to an aromatic ring is 1. The van der Waals surface area contributed by atoms with E-state index in [1.54, 1.807) is 6.20 Å². The monoisotopic (exact) mass is 435 g/mol. The van der Waals surface area contributed by atoms with Crippen LogP contribution < -0.4 is 16.6 Å². The summed E-state index contributed by atoms with van der Waals surface area (Å²) in [6, 6.07) is 5.57. The predicted octanol–water partition coefficient (Wildman–Crippen LogP) is 1.52. The largest absolute Gasteiger partial charge is 0.378 e. The molecule has 2 atom stereocenters. The lowest BCUT2D eigenvalue weighted by atomic mass is 10.0. The first kappa shape index (κ1) is 19.4. The SMILES string of the molecule is Nc1nonc1-n1nnc(C(=O)NN/C=C2\C[C@H]3C=C[C@H]2C3)c1-c1ccc([N+](=O)[O-])cc1. The zero-order valence-electron chi connectivity index (χ0n) is 16.5. The number of nitro benzene ring substituents is 1. The van der Waals surface area contributed by atoms with Crippen molar-refractivity contribution < 1.29 is 14.3 Å². The minimum absolute atomic E-state index is 0.0359. The summed E-state index contributed by atoms with van der Waals surface area (Å²) in [7, 11) is 0. The highest BCUT2D eigenvalue weighted by Crippen LogP contribution is 2.42. The smallest absolute Gasteiger partial charge is 0.292 e. The van der Waals surface area contributed by atoms with Crippen molar-refractivity contribution >= 4 is 17.4 Å². The van der Waals surface area contributed by atoms with Gasteiger partial charge >= 0.3 is 0 Å². The molecule has 1 aromatic carbocycles. The van der Waals surface area contributed by atoms with Crippen molar-refractivity contribution in [2.45, 2.75) is 12.8 Å². The van der Waals surface area contributed by atoms with Crippen LogP contribution in [0.1, 0.15) is 23.3 Å². The number of nitrogens with one attached hydrogen (secondary N) is 2. The van der Waals surface area contributed by atoms with Crippen molar-refractivity contribution in [1.82, 2.24) is 36.2 Å². The van der Waals surface area contributed by atoms with E-state index in [4.69, 9.17) is 5.73 Å². The Morgan fingerprint density at radius 2 is 2.09 bits per heavy atom. The van der Waals surface area contributed by atoms with Gasteiger partial charge in [0.05, 0.1) is 4.92 Å². The normalized spacial score (nSPS) is 20.1. The number of anilines is 1. The summed E-state index contributed by atoms with van der Waals surface area (Å²) >= 11 is 0. The highest BCUT2D eigenvalue weighted by atomic mass is 16.6. The number of carbonyl (C=O) groups is 1. The number of aromatic nitrogens is 5. The molecule has 13 heteroatoms. The fourth-order valence-electron chi connectivity index (χ4n) is 4.00. The average Bonchev–Trinajstić information content (AvgIpc) is 3.57. The zero-order chi connectivity index (χ0) is 22.2. The second-order valence-electron chi connectivity index (χ2n) is 7.48. The lowest BCUT2D eigenvalue weighted by Crippen LogP contribution is -2.34. The van der Waals surface area contributed by atoms with Gasteiger partial charge in [-0.2, -0.15) is 4.68 Å². The van der Waals surface area contributed by atoms with E-state index in [0.717, 1.165) is 12.8 Å². The van der Waals surface area contributed by atoms with E-state index >= 15 is 0 Å². The summed E-state index contributed by atoms with van der Waals surface area (Å²) in [5, 5.41) is 26.2. The minimum atomic E-state index is -0.560. The number of fused-ring (bicyclic) bond motifs is 2. The molecular weight excluding hydrogens is 418 g/mol. The minimum Gasteiger partial charge on any atom is -0.378 e. The molecule has 0 saturated heterocycles. The van der Waals surface area contributed by atoms with Crippen molar-refractivity contribution in [2.75, 3.05) is 5.73 Å². The average molecular weight is 435 g/mol. The van der Waals surface area contributed by atoms with Crippen LogP contribution in [0.15, 0.2) is 52.8 Å². The molecule has 0 radical (unpaired) electrons. The van der Waals surface area contributed by atoms with E-state index in [0.29, 0.717) is 17.4 Å². The molecule has 32 heavy (non-hydrogen) atoms. The van der Waals surface area contributed by atoms with Gasteiger partial charge in [-0.1, -0.05) is 17.4 Å². The molecule has 0 spiro atoms. The summed E-state index contributed by atoms with van der Waals surface area (Å²) in [6.07, 6.45) is 8.26. The third-order valence-corrected chi connectivity index (χ3v) is 5.52. The van der Waals surface area contributed by atoms with Crippen LogP contribution in [0, 0.1) is 22.0 Å². The number of nitrogens with two attached hydrogens (primary N) is 1. The Hall–Kier alpha value is -4.55. The molecular formula is C19H17N9O4. The Morgan fingerprint density at radius 1 is 1.28 bits per heavy atom. The Kier molecular flexibility index (Phi) is 4.62. The van der Waals surface area contributed by atoms with E-state index in [1.165, 1.54) is 34.5 Å². The molecule has 162 valence electrons. The van der Waals surface area contributed by atoms with Crippen LogP contribution in [-0.4, -0.2) is 36.1 Å². The molecule has 1 saturated carbocycles. The summed E-state index contributed by atoms with van der Waals surface area (Å²) in [5.74, 6) is 0.392. The van der Waals surface area contributed by atoms with Crippen LogP contribution in [0.4, 0.5) is 11.5 Å². The molecule has 1 fully saturated rings. The molecule has 0 aliphatic heterocycles. The van der Waals surface area contributed by atoms with E-state index < -0.39 is 10.8 Å². The first-order chi connectivity index (χ1) is 15.5. The first-order valence-corrected chi connectivity index (χ1v) is 9.73. The van der Waals surface area contributed by atoms with E-state index in [1.807, 2.05) is 0 Å². The third-order valence-electron chi connectivity index (χ3n) is 5.52. The standard InChI is InChI=1S/C19H17N9O4/c20-17-18(25-32-24-17)27-16(11-3-5-14(6-4-11)28(30)31)15(22-26-27)19(29)23-21-9-13-8-10-1-2-12(13)7-10/h1-6,9-10,12,21H,7-8H2,(H2,20,24)(H,23,29)/b13-9+/t10-,12-/m0/s1. The van der Waals surface area contributed by atoms with Crippen molar-refractivity contribution in [2.24, 2.45) is 11.8 Å². The van der Waals surface area contributed by atoms with Crippen LogP contribution in [0.25, 0.3) is 17.1 Å². The zero-order valence-corrected chi connectivity index (χ0v) is 16.5. The van der Waals surface area contributed by atoms with Crippen LogP contribution >= 0.6 is 0 Å². The van der Waals surface area contributed by atoms with Crippen molar-refractivity contribution in [3.8, 4) is 17.1 Å². The second kappa shape index (κ2) is 7.61. The molecule has 2 heterocycles. The number of hydrogen-bond donors (Lipinski definition) is 3. The van der Waals surface area contributed by atoms with E-state index in [-0.39, 0.29) is 28.7 Å². The van der Waals surface area contributed by atoms with Gasteiger partial charge in [-0.3, -0.25) is 20.3 Å². The molecule has 1 amide bonds. The Balaban J connectivity index is 1.45. The van der Waals surface area contributed by atoms with Crippen LogP contribution in [0.5, 0.6) is 0 Å². The van der Waals surface area contributed by atoms with Crippen molar-refractivity contribution in [3.63, 3.8) is 0 Å². The number of allylic oxidation sites excluding steroid dienone is 3. The maximum absolute atomic E-state index is 12.9. The summed E-state index contributed by atoms with van der Waals surface area (Å²) in [6.45, 7) is 0. The number of hydrogen-bond acceptors (Lipinski definition) is 10. The van der Waals surface area contributed by atoms with Gasteiger partial charge in [0.2, 0.25) is 11.6 Å². The van der Waals surface area contributed by atoms with Gasteiger partial charge in [-0.05, 0) is 46.8 Å². The molecule has 3 aromatic rings. The molecule has 4 N–H and O–H groups in total. The number of benzene rings is 1. The van der Waals surface area contributed by atoms with Crippen LogP contribution in [0.3, 0.4) is 0 Å². The molecule has 0 unspecified atom stereocenters. The summed E-state index contributed by atoms with van der Waals surface area (Å²) < 4.78 is 5.82. The summed E-state index contributed by atoms with van der Waals surface area (Å²) in [5.41, 5.74) is 12.9. The fraction of sp³-hybridized carbons (Fsp3) is 0.211. The van der Waals surface area contributed by atoms with Crippen LogP contribution in [-0.2, 0) is 0 Å². The van der Waals surface area contributed by atoms with Gasteiger partial charge < -0.3 is 11.2 Å². The van der Waals surface area contributed by atoms with Gasteiger partial charge in [0.15, 0.2) is 5.69 Å². The molecule has 5 rings (SSSR count). The predicted molar refractivity (Wildman–Crippen MR) is 110 cm³/mol. The maximum Gasteiger partial charge on any atom is 0.292 e. The molecule has 2 aromatic heterocycles. The number of carbonyl (C=O) groups excluding carboxylic acids is 1. The van der Waals surface area contributed by atoms with E-state index in [9.17, 15) is 14.9 Å². The lowest BCUT2D eigenvalue weighted by Gasteiger charge is -2.10. The van der Waals surface area contributed by atoms with Gasteiger partial charge in [0, 0.05) is 29.8 Å². The molecule has 13 nitrogen and oxygen atoms in total. The van der Waals surface area contributed by atoms with Gasteiger partial charge in [-0.15, -0.1) is 5.10 Å². The molecule has 2 aliphatic rings. The topological polar surface area (TPSA) is 180 Å².